The van der Waals surface area contributed by atoms with Gasteiger partial charge in [0.1, 0.15) is 6.17 Å². The summed E-state index contributed by atoms with van der Waals surface area (Å²) in [6.07, 6.45) is -2.31. The second-order valence-corrected chi connectivity index (χ2v) is 4.00. The highest BCUT2D eigenvalue weighted by molar-refractivity contribution is 5.64. The fourth-order valence-electron chi connectivity index (χ4n) is 1.07. The van der Waals surface area contributed by atoms with Gasteiger partial charge in [-0.25, -0.2) is 9.18 Å². The Balaban J connectivity index is 3.48. The van der Waals surface area contributed by atoms with Crippen molar-refractivity contribution in [2.24, 2.45) is 5.73 Å². The van der Waals surface area contributed by atoms with E-state index >= 15 is 0 Å². The fourth-order valence-corrected chi connectivity index (χ4v) is 1.07. The number of nitrogens with two attached hydrogens (primary N) is 1. The van der Waals surface area contributed by atoms with E-state index in [0.717, 1.165) is 0 Å². The van der Waals surface area contributed by atoms with Crippen LogP contribution < -0.4 is 11.1 Å². The first kappa shape index (κ1) is 16.1. The van der Waals surface area contributed by atoms with Crippen molar-refractivity contribution in [2.45, 2.75) is 25.6 Å². The standard InChI is InChI=1S/C10H21FN2O4/c1-10(2,8(11)7-12)17-6-5-16-4-3-13-9(14)15/h8,13H,3-7,12H2,1-2H3,(H,14,15). The first-order chi connectivity index (χ1) is 7.90. The van der Waals surface area contributed by atoms with Gasteiger partial charge in [0, 0.05) is 13.1 Å². The number of hydrogen-bond acceptors (Lipinski definition) is 4. The predicted molar refractivity (Wildman–Crippen MR) is 60.8 cm³/mol. The van der Waals surface area contributed by atoms with Crippen LogP contribution >= 0.6 is 0 Å². The highest BCUT2D eigenvalue weighted by atomic mass is 19.1. The van der Waals surface area contributed by atoms with Crippen LogP contribution in [0.5, 0.6) is 0 Å². The van der Waals surface area contributed by atoms with E-state index in [9.17, 15) is 9.18 Å². The van der Waals surface area contributed by atoms with Crippen molar-refractivity contribution in [3.05, 3.63) is 0 Å². The lowest BCUT2D eigenvalue weighted by atomic mass is 10.0. The molecule has 1 amide bonds. The van der Waals surface area contributed by atoms with Gasteiger partial charge in [-0.3, -0.25) is 0 Å². The van der Waals surface area contributed by atoms with Gasteiger partial charge in [0.05, 0.1) is 25.4 Å². The topological polar surface area (TPSA) is 93.8 Å². The molecule has 0 aromatic rings. The molecule has 1 atom stereocenters. The molecule has 0 bridgehead atoms. The number of alkyl halides is 1. The van der Waals surface area contributed by atoms with E-state index in [0.29, 0.717) is 0 Å². The van der Waals surface area contributed by atoms with Crippen LogP contribution in [-0.4, -0.2) is 55.9 Å². The SMILES string of the molecule is CC(C)(OCCOCCNC(=O)O)C(F)CN. The van der Waals surface area contributed by atoms with Crippen LogP contribution in [0.1, 0.15) is 13.8 Å². The van der Waals surface area contributed by atoms with E-state index in [1.54, 1.807) is 13.8 Å². The Kier molecular flexibility index (Phi) is 7.77. The summed E-state index contributed by atoms with van der Waals surface area (Å²) in [7, 11) is 0. The molecule has 0 aromatic heterocycles. The molecule has 4 N–H and O–H groups in total. The second-order valence-electron chi connectivity index (χ2n) is 4.00. The lowest BCUT2D eigenvalue weighted by molar-refractivity contribution is -0.0847. The minimum atomic E-state index is -1.23. The summed E-state index contributed by atoms with van der Waals surface area (Å²) in [5.41, 5.74) is 4.27. The number of halogens is 1. The third kappa shape index (κ3) is 7.89. The number of hydrogen-bond donors (Lipinski definition) is 3. The highest BCUT2D eigenvalue weighted by Gasteiger charge is 2.28. The number of rotatable bonds is 9. The maximum Gasteiger partial charge on any atom is 0.404 e. The summed E-state index contributed by atoms with van der Waals surface area (Å²) in [4.78, 5) is 10.1. The van der Waals surface area contributed by atoms with Gasteiger partial charge in [-0.05, 0) is 13.8 Å². The normalized spacial score (nSPS) is 13.4. The Labute approximate surface area is 100 Å². The third-order valence-electron chi connectivity index (χ3n) is 2.19. The van der Waals surface area contributed by atoms with Crippen molar-refractivity contribution in [2.75, 3.05) is 32.9 Å². The van der Waals surface area contributed by atoms with Gasteiger partial charge >= 0.3 is 6.09 Å². The number of nitrogens with one attached hydrogen (secondary N) is 1. The van der Waals surface area contributed by atoms with Gasteiger partial charge < -0.3 is 25.6 Å². The Morgan fingerprint density at radius 3 is 2.65 bits per heavy atom. The minimum absolute atomic E-state index is 0.0869. The highest BCUT2D eigenvalue weighted by Crippen LogP contribution is 2.16. The van der Waals surface area contributed by atoms with Gasteiger partial charge in [0.25, 0.3) is 0 Å². The first-order valence-corrected chi connectivity index (χ1v) is 5.42. The van der Waals surface area contributed by atoms with Gasteiger partial charge in [-0.15, -0.1) is 0 Å². The predicted octanol–water partition coefficient (Wildman–Crippen LogP) is 0.363. The Hall–Kier alpha value is -0.920. The van der Waals surface area contributed by atoms with E-state index in [1.807, 2.05) is 0 Å². The molecule has 0 saturated heterocycles. The lowest BCUT2D eigenvalue weighted by Gasteiger charge is -2.28. The first-order valence-electron chi connectivity index (χ1n) is 5.42. The van der Waals surface area contributed by atoms with Crippen LogP contribution in [0.25, 0.3) is 0 Å². The largest absolute Gasteiger partial charge is 0.465 e. The average Bonchev–Trinajstić information content (AvgIpc) is 2.26. The van der Waals surface area contributed by atoms with Crippen molar-refractivity contribution in [1.82, 2.24) is 5.32 Å². The molecule has 0 aromatic carbocycles. The van der Waals surface area contributed by atoms with Crippen molar-refractivity contribution in [3.63, 3.8) is 0 Å². The zero-order valence-electron chi connectivity index (χ0n) is 10.2. The van der Waals surface area contributed by atoms with Crippen molar-refractivity contribution in [1.29, 1.82) is 0 Å². The van der Waals surface area contributed by atoms with Crippen molar-refractivity contribution < 1.29 is 23.8 Å². The molecular formula is C10H21FN2O4. The quantitative estimate of drug-likeness (QED) is 0.515. The number of amides is 1. The van der Waals surface area contributed by atoms with Crippen LogP contribution in [0, 0.1) is 0 Å². The number of ether oxygens (including phenoxy) is 2. The van der Waals surface area contributed by atoms with E-state index in [4.69, 9.17) is 20.3 Å². The summed E-state index contributed by atoms with van der Waals surface area (Å²) in [6, 6.07) is 0. The summed E-state index contributed by atoms with van der Waals surface area (Å²) in [5, 5.41) is 10.4. The number of carboxylic acid groups (broad SMARTS) is 1. The molecule has 0 saturated carbocycles. The van der Waals surface area contributed by atoms with E-state index in [1.165, 1.54) is 0 Å². The Morgan fingerprint density at radius 2 is 2.12 bits per heavy atom. The monoisotopic (exact) mass is 252 g/mol. The average molecular weight is 252 g/mol. The minimum Gasteiger partial charge on any atom is -0.465 e. The zero-order valence-corrected chi connectivity index (χ0v) is 10.2. The van der Waals surface area contributed by atoms with E-state index in [2.05, 4.69) is 5.32 Å². The van der Waals surface area contributed by atoms with Crippen LogP contribution in [0.15, 0.2) is 0 Å². The van der Waals surface area contributed by atoms with Crippen LogP contribution in [0.3, 0.4) is 0 Å². The third-order valence-corrected chi connectivity index (χ3v) is 2.19. The Morgan fingerprint density at radius 1 is 1.47 bits per heavy atom. The van der Waals surface area contributed by atoms with Crippen LogP contribution in [-0.2, 0) is 9.47 Å². The molecule has 0 spiro atoms. The second kappa shape index (κ2) is 8.21. The molecule has 0 aliphatic carbocycles. The molecule has 102 valence electrons. The van der Waals surface area contributed by atoms with E-state index in [-0.39, 0.29) is 32.9 Å². The van der Waals surface area contributed by atoms with Crippen LogP contribution in [0.4, 0.5) is 9.18 Å². The molecule has 0 aliphatic heterocycles. The molecule has 0 heterocycles. The smallest absolute Gasteiger partial charge is 0.404 e. The molecule has 0 rings (SSSR count). The molecule has 0 aliphatic rings. The molecule has 0 fully saturated rings. The lowest BCUT2D eigenvalue weighted by Crippen LogP contribution is -2.41. The van der Waals surface area contributed by atoms with Gasteiger partial charge in [0.2, 0.25) is 0 Å². The molecule has 1 unspecified atom stereocenters. The fraction of sp³-hybridized carbons (Fsp3) is 0.900. The van der Waals surface area contributed by atoms with Crippen molar-refractivity contribution >= 4 is 6.09 Å². The molecule has 17 heavy (non-hydrogen) atoms. The van der Waals surface area contributed by atoms with Gasteiger partial charge in [-0.1, -0.05) is 0 Å². The molecular weight excluding hydrogens is 231 g/mol. The van der Waals surface area contributed by atoms with Crippen molar-refractivity contribution in [3.8, 4) is 0 Å². The summed E-state index contributed by atoms with van der Waals surface area (Å²) in [6.45, 7) is 4.14. The van der Waals surface area contributed by atoms with Gasteiger partial charge in [0.15, 0.2) is 0 Å². The molecule has 0 radical (unpaired) electrons. The van der Waals surface area contributed by atoms with Gasteiger partial charge in [-0.2, -0.15) is 0 Å². The number of carbonyl (C=O) groups is 1. The maximum atomic E-state index is 13.3. The Bertz CT molecular complexity index is 226. The molecule has 7 heteroatoms. The molecule has 6 nitrogen and oxygen atoms in total. The summed E-state index contributed by atoms with van der Waals surface area (Å²) in [5.74, 6) is 0. The van der Waals surface area contributed by atoms with Crippen LogP contribution in [0.2, 0.25) is 0 Å². The maximum absolute atomic E-state index is 13.3. The zero-order chi connectivity index (χ0) is 13.3. The summed E-state index contributed by atoms with van der Waals surface area (Å²) < 4.78 is 23.6. The summed E-state index contributed by atoms with van der Waals surface area (Å²) >= 11 is 0. The van der Waals surface area contributed by atoms with E-state index < -0.39 is 17.9 Å².